The van der Waals surface area contributed by atoms with Gasteiger partial charge in [-0.1, -0.05) is 0 Å². The van der Waals surface area contributed by atoms with E-state index in [-0.39, 0.29) is 30.3 Å². The van der Waals surface area contributed by atoms with Gasteiger partial charge in [0, 0.05) is 37.7 Å². The zero-order valence-electron chi connectivity index (χ0n) is 14.3. The number of hydrogen-bond donors (Lipinski definition) is 2. The highest BCUT2D eigenvalue weighted by molar-refractivity contribution is 5.94. The number of likely N-dealkylation sites (tertiary alicyclic amines) is 1. The zero-order chi connectivity index (χ0) is 16.9. The molecule has 2 aliphatic rings. The number of rotatable bonds is 5. The van der Waals surface area contributed by atoms with Crippen LogP contribution in [0.5, 0.6) is 5.75 Å². The number of amides is 2. The van der Waals surface area contributed by atoms with Crippen molar-refractivity contribution in [1.29, 1.82) is 0 Å². The van der Waals surface area contributed by atoms with E-state index in [0.29, 0.717) is 25.9 Å². The van der Waals surface area contributed by atoms with Crippen LogP contribution in [0.15, 0.2) is 18.2 Å². The molecule has 1 aromatic rings. The molecule has 138 valence electrons. The van der Waals surface area contributed by atoms with Gasteiger partial charge in [0.05, 0.1) is 6.61 Å². The van der Waals surface area contributed by atoms with E-state index in [1.165, 1.54) is 0 Å². The number of aryl methyl sites for hydroxylation is 1. The number of carbonyl (C=O) groups excluding carboxylic acids is 2. The minimum absolute atomic E-state index is 0. The van der Waals surface area contributed by atoms with Crippen molar-refractivity contribution >= 4 is 29.9 Å². The Balaban J connectivity index is 0.00000225. The quantitative estimate of drug-likeness (QED) is 0.780. The van der Waals surface area contributed by atoms with Crippen molar-refractivity contribution in [3.05, 3.63) is 23.8 Å². The molecule has 2 aliphatic heterocycles. The third kappa shape index (κ3) is 5.34. The van der Waals surface area contributed by atoms with Gasteiger partial charge in [0.1, 0.15) is 5.75 Å². The molecule has 3 rings (SSSR count). The number of fused-ring (bicyclic) bond motifs is 1. The molecule has 0 saturated carbocycles. The molecule has 0 spiro atoms. The molecule has 1 saturated heterocycles. The second kappa shape index (κ2) is 9.06. The van der Waals surface area contributed by atoms with Gasteiger partial charge in [0.2, 0.25) is 11.8 Å². The molecule has 0 aromatic heterocycles. The predicted octanol–water partition coefficient (Wildman–Crippen LogP) is 2.10. The van der Waals surface area contributed by atoms with Gasteiger partial charge in [-0.15, -0.1) is 12.4 Å². The number of hydrogen-bond acceptors (Lipinski definition) is 4. The Bertz CT molecular complexity index is 616. The lowest BCUT2D eigenvalue weighted by molar-refractivity contribution is -0.132. The molecule has 0 aliphatic carbocycles. The summed E-state index contributed by atoms with van der Waals surface area (Å²) in [4.78, 5) is 25.4. The largest absolute Gasteiger partial charge is 0.494 e. The Kier molecular flexibility index (Phi) is 7.08. The molecule has 2 heterocycles. The van der Waals surface area contributed by atoms with Crippen LogP contribution in [0.3, 0.4) is 0 Å². The first-order chi connectivity index (χ1) is 11.6. The molecule has 1 aromatic carbocycles. The number of halogens is 1. The summed E-state index contributed by atoms with van der Waals surface area (Å²) in [5.74, 6) is 1.05. The van der Waals surface area contributed by atoms with Crippen molar-refractivity contribution in [2.45, 2.75) is 44.6 Å². The molecule has 6 nitrogen and oxygen atoms in total. The summed E-state index contributed by atoms with van der Waals surface area (Å²) < 4.78 is 5.75. The number of anilines is 1. The number of ether oxygens (including phenoxy) is 1. The van der Waals surface area contributed by atoms with Crippen LogP contribution in [0, 0.1) is 0 Å². The second-order valence-corrected chi connectivity index (χ2v) is 6.54. The lowest BCUT2D eigenvalue weighted by Gasteiger charge is -2.30. The zero-order valence-corrected chi connectivity index (χ0v) is 15.1. The van der Waals surface area contributed by atoms with Gasteiger partial charge in [-0.2, -0.15) is 0 Å². The second-order valence-electron chi connectivity index (χ2n) is 6.54. The van der Waals surface area contributed by atoms with E-state index >= 15 is 0 Å². The fourth-order valence-electron chi connectivity index (χ4n) is 3.17. The van der Waals surface area contributed by atoms with Crippen molar-refractivity contribution in [3.63, 3.8) is 0 Å². The van der Waals surface area contributed by atoms with Gasteiger partial charge in [-0.05, 0) is 49.4 Å². The summed E-state index contributed by atoms with van der Waals surface area (Å²) in [7, 11) is 0. The van der Waals surface area contributed by atoms with Crippen LogP contribution in [0.2, 0.25) is 0 Å². The number of benzene rings is 1. The van der Waals surface area contributed by atoms with Crippen LogP contribution in [0.4, 0.5) is 5.69 Å². The van der Waals surface area contributed by atoms with Gasteiger partial charge in [0.15, 0.2) is 0 Å². The first kappa shape index (κ1) is 19.5. The standard InChI is InChI=1S/C18H25N3O3.ClH/c19-14-7-9-21(10-8-14)18(23)2-1-11-24-15-4-5-16-13(12-15)3-6-17(22)20-16;/h4-5,12,14H,1-3,6-11,19H2,(H,20,22);1H. The van der Waals surface area contributed by atoms with Gasteiger partial charge in [-0.3, -0.25) is 9.59 Å². The summed E-state index contributed by atoms with van der Waals surface area (Å²) in [5.41, 5.74) is 7.83. The van der Waals surface area contributed by atoms with Crippen molar-refractivity contribution in [1.82, 2.24) is 4.90 Å². The third-order valence-corrected chi connectivity index (χ3v) is 4.67. The first-order valence-corrected chi connectivity index (χ1v) is 8.71. The van der Waals surface area contributed by atoms with Crippen molar-refractivity contribution in [2.75, 3.05) is 25.0 Å². The van der Waals surface area contributed by atoms with E-state index in [9.17, 15) is 9.59 Å². The van der Waals surface area contributed by atoms with Crippen molar-refractivity contribution in [3.8, 4) is 5.75 Å². The average Bonchev–Trinajstić information content (AvgIpc) is 2.59. The minimum Gasteiger partial charge on any atom is -0.494 e. The van der Waals surface area contributed by atoms with Crippen LogP contribution < -0.4 is 15.8 Å². The van der Waals surface area contributed by atoms with Crippen LogP contribution in [-0.4, -0.2) is 42.5 Å². The van der Waals surface area contributed by atoms with Crippen molar-refractivity contribution < 1.29 is 14.3 Å². The van der Waals surface area contributed by atoms with E-state index in [4.69, 9.17) is 10.5 Å². The van der Waals surface area contributed by atoms with Crippen LogP contribution in [-0.2, 0) is 16.0 Å². The third-order valence-electron chi connectivity index (χ3n) is 4.67. The first-order valence-electron chi connectivity index (χ1n) is 8.71. The van der Waals surface area contributed by atoms with E-state index in [1.54, 1.807) is 0 Å². The van der Waals surface area contributed by atoms with E-state index in [0.717, 1.165) is 49.4 Å². The lowest BCUT2D eigenvalue weighted by Crippen LogP contribution is -2.42. The summed E-state index contributed by atoms with van der Waals surface area (Å²) in [6.45, 7) is 2.07. The fourth-order valence-corrected chi connectivity index (χ4v) is 3.17. The molecule has 25 heavy (non-hydrogen) atoms. The van der Waals surface area contributed by atoms with E-state index in [1.807, 2.05) is 23.1 Å². The molecule has 7 heteroatoms. The van der Waals surface area contributed by atoms with Crippen molar-refractivity contribution in [2.24, 2.45) is 5.73 Å². The highest BCUT2D eigenvalue weighted by Gasteiger charge is 2.20. The Labute approximate surface area is 154 Å². The minimum atomic E-state index is 0. The molecule has 2 amide bonds. The summed E-state index contributed by atoms with van der Waals surface area (Å²) in [6.07, 6.45) is 4.27. The Morgan fingerprint density at radius 2 is 2.04 bits per heavy atom. The summed E-state index contributed by atoms with van der Waals surface area (Å²) >= 11 is 0. The summed E-state index contributed by atoms with van der Waals surface area (Å²) in [6, 6.07) is 5.95. The van der Waals surface area contributed by atoms with E-state index < -0.39 is 0 Å². The number of nitrogens with two attached hydrogens (primary N) is 1. The Morgan fingerprint density at radius 1 is 1.28 bits per heavy atom. The Morgan fingerprint density at radius 3 is 2.80 bits per heavy atom. The number of carbonyl (C=O) groups is 2. The maximum absolute atomic E-state index is 12.1. The number of nitrogens with one attached hydrogen (secondary N) is 1. The summed E-state index contributed by atoms with van der Waals surface area (Å²) in [5, 5.41) is 2.86. The monoisotopic (exact) mass is 367 g/mol. The molecule has 0 radical (unpaired) electrons. The number of nitrogens with zero attached hydrogens (tertiary/aromatic N) is 1. The van der Waals surface area contributed by atoms with Gasteiger partial charge in [0.25, 0.3) is 0 Å². The van der Waals surface area contributed by atoms with Crippen LogP contribution in [0.25, 0.3) is 0 Å². The van der Waals surface area contributed by atoms with Gasteiger partial charge in [-0.25, -0.2) is 0 Å². The maximum Gasteiger partial charge on any atom is 0.224 e. The average molecular weight is 368 g/mol. The molecular weight excluding hydrogens is 342 g/mol. The van der Waals surface area contributed by atoms with Gasteiger partial charge < -0.3 is 20.7 Å². The van der Waals surface area contributed by atoms with Gasteiger partial charge >= 0.3 is 0 Å². The molecule has 0 unspecified atom stereocenters. The predicted molar refractivity (Wildman–Crippen MR) is 99.2 cm³/mol. The molecule has 3 N–H and O–H groups in total. The molecule has 0 atom stereocenters. The molecule has 1 fully saturated rings. The highest BCUT2D eigenvalue weighted by atomic mass is 35.5. The molecule has 0 bridgehead atoms. The smallest absolute Gasteiger partial charge is 0.224 e. The highest BCUT2D eigenvalue weighted by Crippen LogP contribution is 2.26. The lowest BCUT2D eigenvalue weighted by atomic mass is 10.0. The van der Waals surface area contributed by atoms with Crippen LogP contribution >= 0.6 is 12.4 Å². The number of piperidine rings is 1. The fraction of sp³-hybridized carbons (Fsp3) is 0.556. The normalized spacial score (nSPS) is 17.3. The Hall–Kier alpha value is -1.79. The SMILES string of the molecule is Cl.NC1CCN(C(=O)CCCOc2ccc3c(c2)CCC(=O)N3)CC1. The van der Waals surface area contributed by atoms with E-state index in [2.05, 4.69) is 5.32 Å². The van der Waals surface area contributed by atoms with Crippen LogP contribution in [0.1, 0.15) is 37.7 Å². The maximum atomic E-state index is 12.1. The topological polar surface area (TPSA) is 84.7 Å². The molecular formula is C18H26ClN3O3.